The van der Waals surface area contributed by atoms with Gasteiger partial charge in [-0.1, -0.05) is 39.4 Å². The summed E-state index contributed by atoms with van der Waals surface area (Å²) in [5, 5.41) is 0. The molecule has 0 atom stereocenters. The zero-order valence-corrected chi connectivity index (χ0v) is 10.4. The van der Waals surface area contributed by atoms with Crippen LogP contribution in [0, 0.1) is 0 Å². The average molecular weight is 169 g/mol. The molecule has 0 N–H and O–H groups in total. The predicted molar refractivity (Wildman–Crippen MR) is 53.6 cm³/mol. The highest BCUT2D eigenvalue weighted by molar-refractivity contribution is 6.83. The molecule has 10 heavy (non-hydrogen) atoms. The number of unbranched alkanes of at least 4 members (excludes halogenated alkanes) is 1. The molecule has 0 saturated heterocycles. The molecular weight excluding hydrogens is 148 g/mol. The molecule has 0 nitrogen and oxygen atoms in total. The van der Waals surface area contributed by atoms with E-state index in [0.717, 1.165) is 0 Å². The minimum atomic E-state index is -0.645. The van der Waals surface area contributed by atoms with Crippen molar-refractivity contribution in [2.45, 2.75) is 48.1 Å². The van der Waals surface area contributed by atoms with Crippen LogP contribution in [-0.4, -0.2) is 28.4 Å². The molecule has 0 radical (unpaired) electrons. The molecular formula is C8H20MgSi. The van der Waals surface area contributed by atoms with Crippen LogP contribution in [0.5, 0.6) is 0 Å². The third-order valence-electron chi connectivity index (χ3n) is 1.78. The van der Waals surface area contributed by atoms with Gasteiger partial charge in [0.25, 0.3) is 0 Å². The second-order valence-electron chi connectivity index (χ2n) is 4.37. The first-order valence-electron chi connectivity index (χ1n) is 4.56. The molecule has 0 rings (SSSR count). The number of hydrogen-bond acceptors (Lipinski definition) is 0. The minimum Gasteiger partial charge on any atom is -0.150 e. The molecule has 0 aromatic carbocycles. The van der Waals surface area contributed by atoms with Crippen molar-refractivity contribution in [1.29, 1.82) is 0 Å². The largest absolute Gasteiger partial charge is 0.361 e. The lowest BCUT2D eigenvalue weighted by molar-refractivity contribution is 0.879. The van der Waals surface area contributed by atoms with Crippen LogP contribution in [-0.2, 0) is 0 Å². The Morgan fingerprint density at radius 1 is 1.20 bits per heavy atom. The normalized spacial score (nSPS) is 11.2. The number of hydrogen-bond donors (Lipinski definition) is 0. The molecule has 0 aliphatic carbocycles. The molecule has 0 amide bonds. The Bertz CT molecular complexity index is 75.8. The molecule has 58 valence electrons. The van der Waals surface area contributed by atoms with Crippen LogP contribution in [0.25, 0.3) is 0 Å². The Balaban J connectivity index is 3.04. The van der Waals surface area contributed by atoms with Crippen molar-refractivity contribution in [3.05, 3.63) is 0 Å². The zero-order chi connectivity index (χ0) is 8.04. The quantitative estimate of drug-likeness (QED) is 0.437. The van der Waals surface area contributed by atoms with Crippen LogP contribution in [0.2, 0.25) is 28.4 Å². The maximum absolute atomic E-state index is 2.49. The third kappa shape index (κ3) is 8.98. The van der Waals surface area contributed by atoms with Crippen molar-refractivity contribution in [3.63, 3.8) is 0 Å². The first-order chi connectivity index (χ1) is 4.56. The van der Waals surface area contributed by atoms with Crippen molar-refractivity contribution in [1.82, 2.24) is 0 Å². The molecule has 0 aliphatic heterocycles. The SMILES string of the molecule is CCC[CH2][Mg][CH2][Si](C)(C)C. The fraction of sp³-hybridized carbons (Fsp3) is 1.00. The zero-order valence-electron chi connectivity index (χ0n) is 8.04. The van der Waals surface area contributed by atoms with E-state index in [0.29, 0.717) is 20.4 Å². The van der Waals surface area contributed by atoms with Gasteiger partial charge in [0.15, 0.2) is 0 Å². The van der Waals surface area contributed by atoms with E-state index in [1.54, 1.807) is 8.72 Å². The van der Waals surface area contributed by atoms with Crippen LogP contribution >= 0.6 is 0 Å². The van der Waals surface area contributed by atoms with Gasteiger partial charge in [-0.2, -0.15) is 0 Å². The van der Waals surface area contributed by atoms with Gasteiger partial charge >= 0.3 is 20.4 Å². The van der Waals surface area contributed by atoms with Crippen molar-refractivity contribution < 1.29 is 0 Å². The summed E-state index contributed by atoms with van der Waals surface area (Å²) in [4.78, 5) is 0. The van der Waals surface area contributed by atoms with Crippen LogP contribution in [0.4, 0.5) is 0 Å². The molecule has 0 spiro atoms. The Kier molecular flexibility index (Phi) is 6.16. The summed E-state index contributed by atoms with van der Waals surface area (Å²) >= 11 is 0.358. The molecule has 0 saturated carbocycles. The number of rotatable bonds is 5. The van der Waals surface area contributed by atoms with E-state index in [1.165, 1.54) is 12.8 Å². The molecule has 0 aromatic rings. The Labute approximate surface area is 76.5 Å². The summed E-state index contributed by atoms with van der Waals surface area (Å²) in [7, 11) is -0.645. The highest BCUT2D eigenvalue weighted by Gasteiger charge is 2.12. The predicted octanol–water partition coefficient (Wildman–Crippen LogP) is 3.20. The lowest BCUT2D eigenvalue weighted by Crippen LogP contribution is -2.21. The summed E-state index contributed by atoms with van der Waals surface area (Å²) < 4.78 is 3.26. The van der Waals surface area contributed by atoms with Crippen LogP contribution < -0.4 is 0 Å². The highest BCUT2D eigenvalue weighted by Crippen LogP contribution is 2.08. The second kappa shape index (κ2) is 5.61. The van der Waals surface area contributed by atoms with E-state index in [-0.39, 0.29) is 0 Å². The molecule has 0 fully saturated rings. The monoisotopic (exact) mass is 168 g/mol. The molecule has 0 bridgehead atoms. The van der Waals surface area contributed by atoms with Crippen LogP contribution in [0.3, 0.4) is 0 Å². The van der Waals surface area contributed by atoms with Gasteiger partial charge in [0.05, 0.1) is 0 Å². The second-order valence-corrected chi connectivity index (χ2v) is 12.9. The first kappa shape index (κ1) is 11.0. The van der Waals surface area contributed by atoms with E-state index in [2.05, 4.69) is 26.6 Å². The van der Waals surface area contributed by atoms with Crippen LogP contribution in [0.1, 0.15) is 19.8 Å². The third-order valence-corrected chi connectivity index (χ3v) is 10.2. The van der Waals surface area contributed by atoms with Gasteiger partial charge in [-0.05, 0) is 0 Å². The van der Waals surface area contributed by atoms with E-state index in [9.17, 15) is 0 Å². The topological polar surface area (TPSA) is 0 Å². The van der Waals surface area contributed by atoms with Crippen molar-refractivity contribution in [2.24, 2.45) is 0 Å². The van der Waals surface area contributed by atoms with E-state index >= 15 is 0 Å². The van der Waals surface area contributed by atoms with E-state index in [4.69, 9.17) is 0 Å². The summed E-state index contributed by atoms with van der Waals surface area (Å²) in [6.07, 6.45) is 2.90. The fourth-order valence-corrected chi connectivity index (χ4v) is 7.18. The van der Waals surface area contributed by atoms with Crippen molar-refractivity contribution in [3.8, 4) is 0 Å². The molecule has 0 aliphatic rings. The summed E-state index contributed by atoms with van der Waals surface area (Å²) in [6.45, 7) is 9.77. The average Bonchev–Trinajstić information content (AvgIpc) is 1.78. The first-order valence-corrected chi connectivity index (χ1v) is 10.3. The lowest BCUT2D eigenvalue weighted by Gasteiger charge is -2.14. The Morgan fingerprint density at radius 3 is 2.20 bits per heavy atom. The van der Waals surface area contributed by atoms with Crippen molar-refractivity contribution in [2.75, 3.05) is 0 Å². The van der Waals surface area contributed by atoms with Gasteiger partial charge < -0.3 is 0 Å². The smallest absolute Gasteiger partial charge is 0.150 e. The molecule has 0 unspecified atom stereocenters. The van der Waals surface area contributed by atoms with Gasteiger partial charge in [0, 0.05) is 8.07 Å². The maximum Gasteiger partial charge on any atom is 0.361 e. The molecule has 2 heteroatoms. The van der Waals surface area contributed by atoms with Crippen LogP contribution in [0.15, 0.2) is 0 Å². The molecule has 0 aromatic heterocycles. The van der Waals surface area contributed by atoms with E-state index < -0.39 is 8.07 Å². The fourth-order valence-electron chi connectivity index (χ4n) is 1.08. The standard InChI is InChI=1S/C4H11Si.C4H9.Mg/c1-5(2,3)4;1-3-4-2;/h1H2,2-4H3;1,3-4H2,2H3;. The van der Waals surface area contributed by atoms with E-state index in [1.807, 2.05) is 0 Å². The Morgan fingerprint density at radius 2 is 1.80 bits per heavy atom. The van der Waals surface area contributed by atoms with Gasteiger partial charge in [0.2, 0.25) is 0 Å². The lowest BCUT2D eigenvalue weighted by atomic mass is 10.4. The van der Waals surface area contributed by atoms with Crippen molar-refractivity contribution >= 4 is 28.4 Å². The van der Waals surface area contributed by atoms with Gasteiger partial charge in [-0.3, -0.25) is 0 Å². The molecule has 0 heterocycles. The summed E-state index contributed by atoms with van der Waals surface area (Å²) in [6, 6.07) is 0. The van der Waals surface area contributed by atoms with Gasteiger partial charge in [-0.15, -0.1) is 8.72 Å². The highest BCUT2D eigenvalue weighted by atomic mass is 28.3. The minimum absolute atomic E-state index is 0.358. The van der Waals surface area contributed by atoms with Gasteiger partial charge in [0.1, 0.15) is 0 Å². The summed E-state index contributed by atoms with van der Waals surface area (Å²) in [5.74, 6) is 0. The van der Waals surface area contributed by atoms with Gasteiger partial charge in [-0.25, -0.2) is 0 Å². The maximum atomic E-state index is 2.49. The summed E-state index contributed by atoms with van der Waals surface area (Å²) in [5.41, 5.74) is 0. The Hall–Kier alpha value is 0.983.